The molecule has 1 atom stereocenters. The van der Waals surface area contributed by atoms with E-state index in [0.717, 1.165) is 59.0 Å². The van der Waals surface area contributed by atoms with E-state index in [1.165, 1.54) is 0 Å². The summed E-state index contributed by atoms with van der Waals surface area (Å²) in [6.45, 7) is 18.6. The molecule has 1 aromatic carbocycles. The van der Waals surface area contributed by atoms with Crippen molar-refractivity contribution in [2.45, 2.75) is 117 Å². The van der Waals surface area contributed by atoms with E-state index >= 15 is 0 Å². The molecule has 49 heavy (non-hydrogen) atoms. The minimum atomic E-state index is -1.33. The van der Waals surface area contributed by atoms with E-state index < -0.39 is 13.7 Å². The Morgan fingerprint density at radius 3 is 2.41 bits per heavy atom. The number of ketones is 1. The van der Waals surface area contributed by atoms with E-state index in [4.69, 9.17) is 24.2 Å². The third-order valence-electron chi connectivity index (χ3n) is 8.45. The van der Waals surface area contributed by atoms with Gasteiger partial charge in [0.1, 0.15) is 29.7 Å². The summed E-state index contributed by atoms with van der Waals surface area (Å²) in [7, 11) is 4.34. The van der Waals surface area contributed by atoms with Crippen molar-refractivity contribution in [2.75, 3.05) is 40.9 Å². The fourth-order valence-corrected chi connectivity index (χ4v) is 6.36. The maximum atomic E-state index is 14.0. The number of likely N-dealkylation sites (N-methyl/N-ethyl adjacent to an activating group) is 1. The highest BCUT2D eigenvalue weighted by Gasteiger charge is 2.33. The Balaban J connectivity index is 2.17. The number of unbranched alkanes of at least 4 members (excludes halogenated alkanes) is 2. The fraction of sp³-hybridized carbons (Fsp3) is 0.632. The molecular weight excluding hydrogens is 635 g/mol. The second-order valence-electron chi connectivity index (χ2n) is 15.5. The van der Waals surface area contributed by atoms with E-state index in [2.05, 4.69) is 41.2 Å². The Hall–Kier alpha value is -3.28. The van der Waals surface area contributed by atoms with Gasteiger partial charge in [0, 0.05) is 63.3 Å². The molecule has 272 valence electrons. The number of carbonyl (C=O) groups is 2. The minimum absolute atomic E-state index is 0.278. The van der Waals surface area contributed by atoms with Gasteiger partial charge in [-0.3, -0.25) is 14.7 Å². The Morgan fingerprint density at radius 1 is 1.04 bits per heavy atom. The first-order valence-electron chi connectivity index (χ1n) is 17.8. The van der Waals surface area contributed by atoms with Crippen LogP contribution >= 0.6 is 0 Å². The van der Waals surface area contributed by atoms with Gasteiger partial charge in [0.25, 0.3) is 0 Å². The van der Waals surface area contributed by atoms with Gasteiger partial charge in [0.05, 0.1) is 30.6 Å². The van der Waals surface area contributed by atoms with E-state index in [1.807, 2.05) is 71.9 Å². The number of hydrogen-bond donors (Lipinski definition) is 0. The zero-order chi connectivity index (χ0) is 36.4. The van der Waals surface area contributed by atoms with Crippen molar-refractivity contribution < 1.29 is 23.8 Å². The molecule has 0 saturated heterocycles. The van der Waals surface area contributed by atoms with Crippen LogP contribution in [0.1, 0.15) is 83.8 Å². The first kappa shape index (κ1) is 40.1. The number of nitrogens with zero attached hydrogens (tertiary/aromatic N) is 5. The molecule has 2 aromatic heterocycles. The molecule has 10 nitrogen and oxygen atoms in total. The number of hydrogen-bond acceptors (Lipinski definition) is 8. The number of benzene rings is 1. The summed E-state index contributed by atoms with van der Waals surface area (Å²) in [5.74, 6) is 1.71. The average molecular weight is 696 g/mol. The maximum Gasteiger partial charge on any atom is 0.410 e. The zero-order valence-electron chi connectivity index (χ0n) is 32.0. The largest absolute Gasteiger partial charge is 0.496 e. The molecule has 0 aliphatic carbocycles. The molecule has 0 unspecified atom stereocenters. The van der Waals surface area contributed by atoms with Gasteiger partial charge < -0.3 is 23.7 Å². The topological polar surface area (TPSA) is 99.0 Å². The number of aromatic nitrogens is 3. The fourth-order valence-electron chi connectivity index (χ4n) is 5.60. The summed E-state index contributed by atoms with van der Waals surface area (Å²) in [6.07, 6.45) is 5.83. The number of amides is 1. The normalized spacial score (nSPS) is 12.8. The van der Waals surface area contributed by atoms with Gasteiger partial charge in [0.15, 0.2) is 0 Å². The Morgan fingerprint density at radius 2 is 1.78 bits per heavy atom. The predicted octanol–water partition coefficient (Wildman–Crippen LogP) is 8.50. The number of rotatable bonds is 19. The molecule has 0 aliphatic rings. The van der Waals surface area contributed by atoms with E-state index in [9.17, 15) is 9.59 Å². The number of carbonyl (C=O) groups excluding carboxylic acids is 2. The molecule has 0 spiro atoms. The highest BCUT2D eigenvalue weighted by atomic mass is 28.3. The van der Waals surface area contributed by atoms with E-state index in [1.54, 1.807) is 7.11 Å². The lowest BCUT2D eigenvalue weighted by atomic mass is 10.0. The van der Waals surface area contributed by atoms with Gasteiger partial charge in [-0.05, 0) is 72.8 Å². The molecule has 3 aromatic rings. The molecule has 3 rings (SSSR count). The predicted molar refractivity (Wildman–Crippen MR) is 201 cm³/mol. The molecule has 1 amide bonds. The number of Topliss-reactive ketones (excluding diaryl/α,β-unsaturated/α-hetero) is 1. The summed E-state index contributed by atoms with van der Waals surface area (Å²) in [4.78, 5) is 39.7. The number of ether oxygens (including phenoxy) is 3. The van der Waals surface area contributed by atoms with Crippen molar-refractivity contribution in [3.63, 3.8) is 0 Å². The molecule has 0 fully saturated rings. The second-order valence-corrected chi connectivity index (χ2v) is 21.1. The van der Waals surface area contributed by atoms with Crippen molar-refractivity contribution in [3.05, 3.63) is 42.0 Å². The number of aryl methyl sites for hydroxylation is 1. The maximum absolute atomic E-state index is 14.0. The SMILES string of the molecule is CCC(=O)CCCCC[C@@H](c1ncc(-c2cc3ccc(C)nc3cc2OC)n1COCC[Si](C)(C)C)N(CCN(C)C)C(=O)OC(C)(C)C. The molecule has 2 heterocycles. The second kappa shape index (κ2) is 18.1. The zero-order valence-corrected chi connectivity index (χ0v) is 33.0. The van der Waals surface area contributed by atoms with Crippen LogP contribution in [0.25, 0.3) is 22.2 Å². The van der Waals surface area contributed by atoms with Crippen LogP contribution in [0.15, 0.2) is 30.5 Å². The van der Waals surface area contributed by atoms with Crippen molar-refractivity contribution in [1.82, 2.24) is 24.3 Å². The lowest BCUT2D eigenvalue weighted by Crippen LogP contribution is -2.43. The summed E-state index contributed by atoms with van der Waals surface area (Å²) < 4.78 is 20.5. The lowest BCUT2D eigenvalue weighted by molar-refractivity contribution is -0.118. The van der Waals surface area contributed by atoms with Gasteiger partial charge in [0.2, 0.25) is 0 Å². The first-order valence-corrected chi connectivity index (χ1v) is 21.5. The number of imidazole rings is 1. The summed E-state index contributed by atoms with van der Waals surface area (Å²) in [6, 6.07) is 8.79. The van der Waals surface area contributed by atoms with Crippen molar-refractivity contribution in [2.24, 2.45) is 0 Å². The van der Waals surface area contributed by atoms with E-state index in [-0.39, 0.29) is 24.6 Å². The van der Waals surface area contributed by atoms with Crippen molar-refractivity contribution in [3.8, 4) is 17.0 Å². The van der Waals surface area contributed by atoms with Crippen LogP contribution in [0.3, 0.4) is 0 Å². The number of methoxy groups -OCH3 is 1. The molecule has 0 saturated carbocycles. The Labute approximate surface area is 295 Å². The van der Waals surface area contributed by atoms with Crippen molar-refractivity contribution in [1.29, 1.82) is 0 Å². The average Bonchev–Trinajstić information content (AvgIpc) is 3.42. The Kier molecular flexibility index (Phi) is 14.8. The monoisotopic (exact) mass is 695 g/mol. The third kappa shape index (κ3) is 12.5. The summed E-state index contributed by atoms with van der Waals surface area (Å²) >= 11 is 0. The first-order chi connectivity index (χ1) is 23.0. The van der Waals surface area contributed by atoms with Gasteiger partial charge >= 0.3 is 6.09 Å². The van der Waals surface area contributed by atoms with Crippen LogP contribution in [-0.4, -0.2) is 90.8 Å². The molecule has 0 aliphatic heterocycles. The third-order valence-corrected chi connectivity index (χ3v) is 10.2. The number of fused-ring (bicyclic) bond motifs is 1. The van der Waals surface area contributed by atoms with Crippen LogP contribution in [0.5, 0.6) is 5.75 Å². The standard InChI is InChI=1S/C38H61N5O5Si/c1-12-30(44)16-14-13-15-17-33(42(21-20-41(6)7)37(45)48-38(3,4)5)36-39-26-34(43(36)27-47-22-23-49(9,10)11)31-24-29-19-18-28(2)40-32(29)25-35(31)46-8/h18-19,24-26,33H,12-17,20-23,27H2,1-11H3/t33-/m0/s1. The van der Waals surface area contributed by atoms with Crippen LogP contribution in [-0.2, 0) is 21.0 Å². The molecule has 0 bridgehead atoms. The van der Waals surface area contributed by atoms with Gasteiger partial charge in [-0.15, -0.1) is 0 Å². The molecule has 11 heteroatoms. The summed E-state index contributed by atoms with van der Waals surface area (Å²) in [5.41, 5.74) is 2.86. The smallest absolute Gasteiger partial charge is 0.410 e. The number of pyridine rings is 1. The quantitative estimate of drug-likeness (QED) is 0.0910. The molecule has 0 N–H and O–H groups in total. The Bertz CT molecular complexity index is 1530. The molecule has 0 radical (unpaired) electrons. The van der Waals surface area contributed by atoms with Gasteiger partial charge in [-0.25, -0.2) is 9.78 Å². The minimum Gasteiger partial charge on any atom is -0.496 e. The highest BCUT2D eigenvalue weighted by molar-refractivity contribution is 6.76. The van der Waals surface area contributed by atoms with Crippen LogP contribution < -0.4 is 4.74 Å². The highest BCUT2D eigenvalue weighted by Crippen LogP contribution is 2.37. The lowest BCUT2D eigenvalue weighted by Gasteiger charge is -2.34. The van der Waals surface area contributed by atoms with E-state index in [0.29, 0.717) is 44.7 Å². The van der Waals surface area contributed by atoms with Crippen LogP contribution in [0.4, 0.5) is 4.79 Å². The van der Waals surface area contributed by atoms with Gasteiger partial charge in [-0.1, -0.05) is 45.5 Å². The van der Waals surface area contributed by atoms with Gasteiger partial charge in [-0.2, -0.15) is 0 Å². The van der Waals surface area contributed by atoms with Crippen LogP contribution in [0.2, 0.25) is 25.7 Å². The molecular formula is C38H61N5O5Si. The summed E-state index contributed by atoms with van der Waals surface area (Å²) in [5, 5.41) is 0.995. The van der Waals surface area contributed by atoms with Crippen LogP contribution in [0, 0.1) is 6.92 Å². The van der Waals surface area contributed by atoms with Crippen molar-refractivity contribution >= 4 is 30.9 Å².